The number of rotatable bonds is 2. The summed E-state index contributed by atoms with van der Waals surface area (Å²) >= 11 is 0. The lowest BCUT2D eigenvalue weighted by molar-refractivity contribution is 0.312. The molecule has 0 aliphatic carbocycles. The molecule has 58 valence electrons. The molecule has 0 aromatic rings. The molecule has 0 bridgehead atoms. The Hall–Kier alpha value is 0.150. The zero-order chi connectivity index (χ0) is 7.19. The summed E-state index contributed by atoms with van der Waals surface area (Å²) in [5.74, 6) is 0. The molecule has 0 aromatic heterocycles. The molecule has 0 N–H and O–H groups in total. The van der Waals surface area contributed by atoms with Crippen molar-refractivity contribution in [1.29, 1.82) is 0 Å². The van der Waals surface area contributed by atoms with E-state index in [1.165, 1.54) is 0 Å². The summed E-state index contributed by atoms with van der Waals surface area (Å²) in [6, 6.07) is 0. The minimum atomic E-state index is -2.20. The van der Waals surface area contributed by atoms with E-state index in [4.69, 9.17) is 9.26 Å². The lowest BCUT2D eigenvalue weighted by Gasteiger charge is -2.11. The first-order valence-corrected chi connectivity index (χ1v) is 5.61. The van der Waals surface area contributed by atoms with Crippen molar-refractivity contribution in [2.24, 2.45) is 0 Å². The van der Waals surface area contributed by atoms with Crippen molar-refractivity contribution in [3.8, 4) is 0 Å². The zero-order valence-electron chi connectivity index (χ0n) is 5.95. The van der Waals surface area contributed by atoms with E-state index in [0.717, 1.165) is 0 Å². The number of fused-ring (bicyclic) bond motifs is 1. The molecule has 2 aliphatic heterocycles. The van der Waals surface area contributed by atoms with Gasteiger partial charge in [-0.05, 0) is 6.92 Å². The lowest BCUT2D eigenvalue weighted by atomic mass is 10.4. The topological polar surface area (TPSA) is 38.8 Å². The Balaban J connectivity index is 1.98. The quantitative estimate of drug-likeness (QED) is 0.450. The largest absolute Gasteiger partial charge is 0.368 e. The van der Waals surface area contributed by atoms with Crippen LogP contribution < -0.4 is 0 Å². The molecule has 2 aliphatic rings. The molecule has 4 heteroatoms. The predicted molar refractivity (Wildman–Crippen MR) is 37.6 cm³/mol. The van der Waals surface area contributed by atoms with E-state index in [1.54, 1.807) is 0 Å². The van der Waals surface area contributed by atoms with Crippen molar-refractivity contribution >= 4 is 7.37 Å². The predicted octanol–water partition coefficient (Wildman–Crippen LogP) is 1.08. The van der Waals surface area contributed by atoms with Crippen molar-refractivity contribution in [2.75, 3.05) is 18.9 Å². The van der Waals surface area contributed by atoms with Gasteiger partial charge in [-0.15, -0.1) is 0 Å². The fourth-order valence-corrected chi connectivity index (χ4v) is 4.03. The zero-order valence-corrected chi connectivity index (χ0v) is 6.84. The van der Waals surface area contributed by atoms with Crippen LogP contribution in [-0.4, -0.2) is 31.1 Å². The third-order valence-corrected chi connectivity index (χ3v) is 4.53. The Labute approximate surface area is 60.2 Å². The van der Waals surface area contributed by atoms with Crippen molar-refractivity contribution in [3.05, 3.63) is 0 Å². The van der Waals surface area contributed by atoms with E-state index in [-0.39, 0.29) is 12.2 Å². The summed E-state index contributed by atoms with van der Waals surface area (Å²) < 4.78 is 21.9. The number of hydrogen-bond acceptors (Lipinski definition) is 3. The van der Waals surface area contributed by atoms with Gasteiger partial charge in [0.1, 0.15) is 0 Å². The minimum Gasteiger partial charge on any atom is -0.368 e. The van der Waals surface area contributed by atoms with Gasteiger partial charge in [-0.2, -0.15) is 0 Å². The summed E-state index contributed by atoms with van der Waals surface area (Å²) in [6.45, 7) is 2.45. The van der Waals surface area contributed by atoms with E-state index in [0.29, 0.717) is 18.9 Å². The first kappa shape index (κ1) is 6.84. The maximum atomic E-state index is 11.6. The molecule has 3 nitrogen and oxygen atoms in total. The lowest BCUT2D eigenvalue weighted by Crippen LogP contribution is -1.97. The van der Waals surface area contributed by atoms with Crippen LogP contribution in [0.4, 0.5) is 0 Å². The normalized spacial score (nSPS) is 50.9. The minimum absolute atomic E-state index is 0.275. The third kappa shape index (κ3) is 1.03. The maximum Gasteiger partial charge on any atom is 0.208 e. The van der Waals surface area contributed by atoms with Crippen molar-refractivity contribution in [2.45, 2.75) is 19.1 Å². The average Bonchev–Trinajstić information content (AvgIpc) is 2.41. The highest BCUT2D eigenvalue weighted by molar-refractivity contribution is 7.59. The third-order valence-electron chi connectivity index (χ3n) is 1.97. The smallest absolute Gasteiger partial charge is 0.208 e. The van der Waals surface area contributed by atoms with Crippen LogP contribution in [-0.2, 0) is 13.8 Å². The fourth-order valence-electron chi connectivity index (χ4n) is 1.46. The van der Waals surface area contributed by atoms with E-state index in [9.17, 15) is 4.57 Å². The second kappa shape index (κ2) is 2.07. The van der Waals surface area contributed by atoms with E-state index < -0.39 is 7.37 Å². The van der Waals surface area contributed by atoms with Gasteiger partial charge >= 0.3 is 0 Å². The summed E-state index contributed by atoms with van der Waals surface area (Å²) in [6.07, 6.45) is 1.87. The summed E-state index contributed by atoms with van der Waals surface area (Å²) in [4.78, 5) is 0. The summed E-state index contributed by atoms with van der Waals surface area (Å²) in [5, 5.41) is 0. The van der Waals surface area contributed by atoms with Gasteiger partial charge in [0.05, 0.1) is 31.1 Å². The standard InChI is InChI=1S/C6H11O3P/c1-2-8-10(7)3-5-6(4-10)9-5/h5-6H,2-4H2,1H3. The molecule has 0 spiro atoms. The monoisotopic (exact) mass is 162 g/mol. The van der Waals surface area contributed by atoms with Gasteiger partial charge in [0.2, 0.25) is 7.37 Å². The van der Waals surface area contributed by atoms with Crippen LogP contribution in [0.2, 0.25) is 0 Å². The van der Waals surface area contributed by atoms with Crippen LogP contribution in [0.15, 0.2) is 0 Å². The van der Waals surface area contributed by atoms with Gasteiger partial charge in [0.25, 0.3) is 0 Å². The molecule has 2 fully saturated rings. The molecule has 0 aromatic carbocycles. The van der Waals surface area contributed by atoms with Gasteiger partial charge in [-0.25, -0.2) is 0 Å². The Bertz CT molecular complexity index is 177. The second-order valence-corrected chi connectivity index (χ2v) is 5.43. The van der Waals surface area contributed by atoms with Crippen LogP contribution in [0.5, 0.6) is 0 Å². The van der Waals surface area contributed by atoms with Gasteiger partial charge in [0.15, 0.2) is 0 Å². The Kier molecular flexibility index (Phi) is 1.41. The maximum absolute atomic E-state index is 11.6. The van der Waals surface area contributed by atoms with Gasteiger partial charge in [-0.1, -0.05) is 0 Å². The second-order valence-electron chi connectivity index (χ2n) is 2.81. The molecule has 2 saturated heterocycles. The first-order chi connectivity index (χ1) is 4.73. The summed E-state index contributed by atoms with van der Waals surface area (Å²) in [7, 11) is -2.20. The molecule has 2 unspecified atom stereocenters. The van der Waals surface area contributed by atoms with Crippen LogP contribution >= 0.6 is 7.37 Å². The van der Waals surface area contributed by atoms with Crippen LogP contribution in [0.1, 0.15) is 6.92 Å². The van der Waals surface area contributed by atoms with Crippen molar-refractivity contribution in [1.82, 2.24) is 0 Å². The average molecular weight is 162 g/mol. The van der Waals surface area contributed by atoms with Crippen LogP contribution in [0.3, 0.4) is 0 Å². The number of ether oxygens (including phenoxy) is 1. The molecule has 0 amide bonds. The molecule has 2 heterocycles. The van der Waals surface area contributed by atoms with Gasteiger partial charge < -0.3 is 9.26 Å². The van der Waals surface area contributed by atoms with Gasteiger partial charge in [-0.3, -0.25) is 4.57 Å². The molecule has 0 radical (unpaired) electrons. The highest BCUT2D eigenvalue weighted by Gasteiger charge is 2.54. The Morgan fingerprint density at radius 1 is 1.60 bits per heavy atom. The Morgan fingerprint density at radius 3 is 2.70 bits per heavy atom. The van der Waals surface area contributed by atoms with E-state index in [2.05, 4.69) is 0 Å². The molecular weight excluding hydrogens is 151 g/mol. The highest BCUT2D eigenvalue weighted by atomic mass is 31.2. The molecule has 0 saturated carbocycles. The molecule has 2 rings (SSSR count). The van der Waals surface area contributed by atoms with E-state index >= 15 is 0 Å². The van der Waals surface area contributed by atoms with Gasteiger partial charge in [0, 0.05) is 0 Å². The highest BCUT2D eigenvalue weighted by Crippen LogP contribution is 2.59. The van der Waals surface area contributed by atoms with Crippen LogP contribution in [0.25, 0.3) is 0 Å². The molecular formula is C6H11O3P. The van der Waals surface area contributed by atoms with Crippen molar-refractivity contribution in [3.63, 3.8) is 0 Å². The van der Waals surface area contributed by atoms with Crippen molar-refractivity contribution < 1.29 is 13.8 Å². The Morgan fingerprint density at radius 2 is 2.20 bits per heavy atom. The van der Waals surface area contributed by atoms with Crippen LogP contribution in [0, 0.1) is 0 Å². The number of hydrogen-bond donors (Lipinski definition) is 0. The number of epoxide rings is 1. The SMILES string of the molecule is CCOP1(=O)CC2OC2C1. The van der Waals surface area contributed by atoms with E-state index in [1.807, 2.05) is 6.92 Å². The molecule has 2 atom stereocenters. The summed E-state index contributed by atoms with van der Waals surface area (Å²) in [5.41, 5.74) is 0. The fraction of sp³-hybridized carbons (Fsp3) is 1.00. The first-order valence-electron chi connectivity index (χ1n) is 3.61. The molecule has 10 heavy (non-hydrogen) atoms.